The normalized spacial score (nSPS) is 13.7. The number of nitrogens with two attached hydrogens (primary N) is 1. The fourth-order valence-electron chi connectivity index (χ4n) is 3.24. The van der Waals surface area contributed by atoms with Crippen LogP contribution in [0.4, 0.5) is 5.69 Å². The highest BCUT2D eigenvalue weighted by molar-refractivity contribution is 7.89. The zero-order chi connectivity index (χ0) is 19.2. The third-order valence-corrected chi connectivity index (χ3v) is 6.56. The number of hydrogen-bond donors (Lipinski definition) is 2. The van der Waals surface area contributed by atoms with Crippen LogP contribution in [0.1, 0.15) is 16.9 Å². The molecule has 4 rings (SSSR count). The van der Waals surface area contributed by atoms with Crippen molar-refractivity contribution in [3.05, 3.63) is 51.4 Å². The van der Waals surface area contributed by atoms with Gasteiger partial charge in [-0.25, -0.2) is 18.5 Å². The van der Waals surface area contributed by atoms with Crippen molar-refractivity contribution in [2.75, 3.05) is 5.32 Å². The van der Waals surface area contributed by atoms with Crippen LogP contribution in [0, 0.1) is 0 Å². The molecule has 0 fully saturated rings. The molecule has 0 aliphatic heterocycles. The quantitative estimate of drug-likeness (QED) is 0.677. The van der Waals surface area contributed by atoms with E-state index in [9.17, 15) is 18.0 Å². The van der Waals surface area contributed by atoms with Gasteiger partial charge in [-0.1, -0.05) is 6.07 Å². The van der Waals surface area contributed by atoms with Crippen molar-refractivity contribution in [2.45, 2.75) is 30.7 Å². The predicted octanol–water partition coefficient (Wildman–Crippen LogP) is 1.23. The first-order valence-electron chi connectivity index (χ1n) is 8.25. The fraction of sp³-hybridized carbons (Fsp3) is 0.235. The van der Waals surface area contributed by atoms with Gasteiger partial charge in [0.1, 0.15) is 11.4 Å². The molecule has 10 heteroatoms. The summed E-state index contributed by atoms with van der Waals surface area (Å²) >= 11 is 1.54. The third-order valence-electron chi connectivity index (χ3n) is 4.45. The molecule has 1 aliphatic rings. The lowest BCUT2D eigenvalue weighted by molar-refractivity contribution is -0.116. The molecule has 0 unspecified atom stereocenters. The van der Waals surface area contributed by atoms with E-state index in [1.807, 2.05) is 0 Å². The second-order valence-corrected chi connectivity index (χ2v) is 8.98. The molecule has 1 aromatic carbocycles. The molecule has 27 heavy (non-hydrogen) atoms. The minimum absolute atomic E-state index is 0.102. The molecule has 3 aromatic rings. The Balaban J connectivity index is 1.59. The van der Waals surface area contributed by atoms with Gasteiger partial charge in [0.15, 0.2) is 0 Å². The Bertz CT molecular complexity index is 1230. The van der Waals surface area contributed by atoms with E-state index in [1.165, 1.54) is 34.0 Å². The molecule has 0 bridgehead atoms. The molecule has 8 nitrogen and oxygen atoms in total. The maximum atomic E-state index is 12.8. The van der Waals surface area contributed by atoms with Gasteiger partial charge in [0.2, 0.25) is 15.9 Å². The lowest BCUT2D eigenvalue weighted by atomic mass is 10.2. The summed E-state index contributed by atoms with van der Waals surface area (Å²) in [6.45, 7) is -0.216. The molecule has 1 amide bonds. The van der Waals surface area contributed by atoms with Crippen LogP contribution in [-0.2, 0) is 34.2 Å². The summed E-state index contributed by atoms with van der Waals surface area (Å²) < 4.78 is 24.1. The molecule has 0 atom stereocenters. The van der Waals surface area contributed by atoms with Gasteiger partial charge >= 0.3 is 0 Å². The van der Waals surface area contributed by atoms with Crippen LogP contribution in [-0.4, -0.2) is 23.9 Å². The zero-order valence-corrected chi connectivity index (χ0v) is 15.8. The van der Waals surface area contributed by atoms with Crippen molar-refractivity contribution in [1.82, 2.24) is 9.55 Å². The van der Waals surface area contributed by atoms with Gasteiger partial charge in [0.05, 0.1) is 16.6 Å². The molecule has 0 radical (unpaired) electrons. The average molecular weight is 404 g/mol. The number of anilines is 1. The highest BCUT2D eigenvalue weighted by atomic mass is 32.2. The predicted molar refractivity (Wildman–Crippen MR) is 102 cm³/mol. The second-order valence-electron chi connectivity index (χ2n) is 6.34. The van der Waals surface area contributed by atoms with Crippen LogP contribution >= 0.6 is 11.3 Å². The van der Waals surface area contributed by atoms with Crippen molar-refractivity contribution in [2.24, 2.45) is 5.14 Å². The van der Waals surface area contributed by atoms with E-state index in [0.717, 1.165) is 24.8 Å². The first kappa shape index (κ1) is 17.8. The van der Waals surface area contributed by atoms with Crippen molar-refractivity contribution < 1.29 is 13.2 Å². The van der Waals surface area contributed by atoms with Crippen molar-refractivity contribution in [3.8, 4) is 0 Å². The van der Waals surface area contributed by atoms with E-state index in [0.29, 0.717) is 10.2 Å². The van der Waals surface area contributed by atoms with Crippen LogP contribution < -0.4 is 16.0 Å². The molecule has 2 aromatic heterocycles. The maximum Gasteiger partial charge on any atom is 0.262 e. The SMILES string of the molecule is NS(=O)(=O)c1cccc(NC(=O)Cn2cnc3sc4c(c3c2=O)CCC4)c1. The first-order valence-corrected chi connectivity index (χ1v) is 10.6. The molecular weight excluding hydrogens is 388 g/mol. The Labute approximate surface area is 158 Å². The number of aryl methyl sites for hydroxylation is 2. The van der Waals surface area contributed by atoms with E-state index in [1.54, 1.807) is 17.4 Å². The summed E-state index contributed by atoms with van der Waals surface area (Å²) in [6, 6.07) is 5.63. The lowest BCUT2D eigenvalue weighted by Crippen LogP contribution is -2.28. The van der Waals surface area contributed by atoms with Crippen LogP contribution in [0.3, 0.4) is 0 Å². The lowest BCUT2D eigenvalue weighted by Gasteiger charge is -2.08. The minimum atomic E-state index is -3.87. The minimum Gasteiger partial charge on any atom is -0.324 e. The highest BCUT2D eigenvalue weighted by Gasteiger charge is 2.21. The zero-order valence-electron chi connectivity index (χ0n) is 14.1. The number of rotatable bonds is 4. The Morgan fingerprint density at radius 2 is 2.15 bits per heavy atom. The number of sulfonamides is 1. The van der Waals surface area contributed by atoms with Gasteiger partial charge in [-0.15, -0.1) is 11.3 Å². The largest absolute Gasteiger partial charge is 0.324 e. The van der Waals surface area contributed by atoms with E-state index in [4.69, 9.17) is 5.14 Å². The molecule has 140 valence electrons. The van der Waals surface area contributed by atoms with E-state index in [2.05, 4.69) is 10.3 Å². The monoisotopic (exact) mass is 404 g/mol. The number of nitrogens with zero attached hydrogens (tertiary/aromatic N) is 2. The number of thiophene rings is 1. The smallest absolute Gasteiger partial charge is 0.262 e. The summed E-state index contributed by atoms with van der Waals surface area (Å²) in [7, 11) is -3.87. The summed E-state index contributed by atoms with van der Waals surface area (Å²) in [5, 5.41) is 8.28. The number of carbonyl (C=O) groups is 1. The standard InChI is InChI=1S/C17H16N4O4S2/c18-27(24,25)11-4-1-3-10(7-11)20-14(22)8-21-9-19-16-15(17(21)23)12-5-2-6-13(12)26-16/h1,3-4,7,9H,2,5-6,8H2,(H,20,22)(H2,18,24,25). The second kappa shape index (κ2) is 6.55. The Kier molecular flexibility index (Phi) is 4.33. The van der Waals surface area contributed by atoms with Crippen LogP contribution in [0.5, 0.6) is 0 Å². The number of benzene rings is 1. The van der Waals surface area contributed by atoms with Gasteiger partial charge in [0.25, 0.3) is 5.56 Å². The Morgan fingerprint density at radius 1 is 1.33 bits per heavy atom. The Morgan fingerprint density at radius 3 is 2.93 bits per heavy atom. The molecule has 0 saturated carbocycles. The topological polar surface area (TPSA) is 124 Å². The number of fused-ring (bicyclic) bond motifs is 3. The average Bonchev–Trinajstić information content (AvgIpc) is 3.17. The van der Waals surface area contributed by atoms with Crippen LogP contribution in [0.15, 0.2) is 40.3 Å². The molecular formula is C17H16N4O4S2. The van der Waals surface area contributed by atoms with Gasteiger partial charge in [-0.3, -0.25) is 14.2 Å². The van der Waals surface area contributed by atoms with Crippen LogP contribution in [0.25, 0.3) is 10.2 Å². The summed E-state index contributed by atoms with van der Waals surface area (Å²) in [5.74, 6) is -0.461. The van der Waals surface area contributed by atoms with Gasteiger partial charge in [-0.05, 0) is 43.0 Å². The number of hydrogen-bond acceptors (Lipinski definition) is 6. The van der Waals surface area contributed by atoms with E-state index in [-0.39, 0.29) is 22.7 Å². The van der Waals surface area contributed by atoms with Crippen molar-refractivity contribution in [1.29, 1.82) is 0 Å². The van der Waals surface area contributed by atoms with Gasteiger partial charge < -0.3 is 5.32 Å². The number of amides is 1. The first-order chi connectivity index (χ1) is 12.8. The maximum absolute atomic E-state index is 12.8. The summed E-state index contributed by atoms with van der Waals surface area (Å²) in [4.78, 5) is 31.2. The van der Waals surface area contributed by atoms with Crippen molar-refractivity contribution >= 4 is 43.2 Å². The number of primary sulfonamides is 1. The summed E-state index contributed by atoms with van der Waals surface area (Å²) in [5.41, 5.74) is 1.11. The number of nitrogens with one attached hydrogen (secondary N) is 1. The molecule has 1 aliphatic carbocycles. The number of carbonyl (C=O) groups excluding carboxylic acids is 1. The van der Waals surface area contributed by atoms with E-state index < -0.39 is 15.9 Å². The Hall–Kier alpha value is -2.56. The fourth-order valence-corrected chi connectivity index (χ4v) is 5.02. The van der Waals surface area contributed by atoms with Gasteiger partial charge in [-0.2, -0.15) is 0 Å². The van der Waals surface area contributed by atoms with E-state index >= 15 is 0 Å². The molecule has 2 heterocycles. The van der Waals surface area contributed by atoms with Crippen LogP contribution in [0.2, 0.25) is 0 Å². The molecule has 0 spiro atoms. The highest BCUT2D eigenvalue weighted by Crippen LogP contribution is 2.34. The number of aromatic nitrogens is 2. The van der Waals surface area contributed by atoms with Gasteiger partial charge in [0, 0.05) is 10.6 Å². The van der Waals surface area contributed by atoms with Crippen molar-refractivity contribution in [3.63, 3.8) is 0 Å². The molecule has 0 saturated heterocycles. The summed E-state index contributed by atoms with van der Waals surface area (Å²) in [6.07, 6.45) is 4.24. The molecule has 3 N–H and O–H groups in total. The third kappa shape index (κ3) is 3.38.